The Balaban J connectivity index is 1.64. The number of carbonyl (C=O) groups is 1. The Morgan fingerprint density at radius 1 is 1.09 bits per heavy atom. The Bertz CT molecular complexity index is 1950. The number of furan rings is 1. The number of esters is 1. The molecule has 4 aromatic rings. The first-order valence-electron chi connectivity index (χ1n) is 13.0. The van der Waals surface area contributed by atoms with Crippen LogP contribution in [0.15, 0.2) is 74.0 Å². The largest absolute Gasteiger partial charge is 0.497 e. The fraction of sp³-hybridized carbons (Fsp3) is 0.233. The fourth-order valence-electron chi connectivity index (χ4n) is 4.83. The lowest BCUT2D eigenvalue weighted by molar-refractivity contribution is -0.384. The molecule has 0 saturated carbocycles. The summed E-state index contributed by atoms with van der Waals surface area (Å²) in [6.45, 7) is 3.54. The highest BCUT2D eigenvalue weighted by Crippen LogP contribution is 2.37. The van der Waals surface area contributed by atoms with Crippen molar-refractivity contribution in [2.75, 3.05) is 27.9 Å². The molecule has 43 heavy (non-hydrogen) atoms. The number of hydrogen-bond acceptors (Lipinski definition) is 11. The van der Waals surface area contributed by atoms with Crippen molar-refractivity contribution in [1.29, 1.82) is 0 Å². The molecule has 0 fully saturated rings. The highest BCUT2D eigenvalue weighted by molar-refractivity contribution is 7.07. The van der Waals surface area contributed by atoms with Crippen molar-refractivity contribution in [3.8, 4) is 28.6 Å². The first kappa shape index (κ1) is 29.3. The van der Waals surface area contributed by atoms with E-state index >= 15 is 0 Å². The van der Waals surface area contributed by atoms with Crippen LogP contribution in [0.3, 0.4) is 0 Å². The zero-order chi connectivity index (χ0) is 30.8. The molecule has 5 rings (SSSR count). The predicted molar refractivity (Wildman–Crippen MR) is 157 cm³/mol. The maximum Gasteiger partial charge on any atom is 0.338 e. The second-order valence-corrected chi connectivity index (χ2v) is 10.3. The molecule has 2 aromatic carbocycles. The molecular formula is C30H27N3O9S. The molecule has 0 radical (unpaired) electrons. The van der Waals surface area contributed by atoms with Crippen LogP contribution in [0.25, 0.3) is 17.4 Å². The number of hydrogen-bond donors (Lipinski definition) is 0. The molecular weight excluding hydrogens is 578 g/mol. The van der Waals surface area contributed by atoms with E-state index in [9.17, 15) is 19.7 Å². The summed E-state index contributed by atoms with van der Waals surface area (Å²) in [5.41, 5.74) is 0.894. The van der Waals surface area contributed by atoms with Crippen molar-refractivity contribution in [1.82, 2.24) is 4.57 Å². The number of nitrogens with zero attached hydrogens (tertiary/aromatic N) is 3. The smallest absolute Gasteiger partial charge is 0.338 e. The zero-order valence-electron chi connectivity index (χ0n) is 23.9. The van der Waals surface area contributed by atoms with Gasteiger partial charge in [-0.05, 0) is 55.8 Å². The lowest BCUT2D eigenvalue weighted by atomic mass is 9.95. The molecule has 0 amide bonds. The van der Waals surface area contributed by atoms with Crippen LogP contribution in [-0.2, 0) is 9.53 Å². The summed E-state index contributed by atoms with van der Waals surface area (Å²) in [5.74, 6) is 1.21. The Morgan fingerprint density at radius 3 is 2.53 bits per heavy atom. The summed E-state index contributed by atoms with van der Waals surface area (Å²) in [6, 6.07) is 12.0. The van der Waals surface area contributed by atoms with Crippen molar-refractivity contribution >= 4 is 29.1 Å². The van der Waals surface area contributed by atoms with E-state index in [0.717, 1.165) is 11.3 Å². The third-order valence-corrected chi connectivity index (χ3v) is 7.79. The molecule has 12 nitrogen and oxygen atoms in total. The van der Waals surface area contributed by atoms with Gasteiger partial charge >= 0.3 is 5.97 Å². The van der Waals surface area contributed by atoms with Crippen molar-refractivity contribution in [3.05, 3.63) is 101 Å². The molecule has 3 heterocycles. The maximum absolute atomic E-state index is 13.9. The Hall–Kier alpha value is -5.17. The zero-order valence-corrected chi connectivity index (χ0v) is 24.7. The molecule has 0 N–H and O–H groups in total. The van der Waals surface area contributed by atoms with Crippen LogP contribution in [0.2, 0.25) is 0 Å². The van der Waals surface area contributed by atoms with E-state index in [1.165, 1.54) is 44.1 Å². The summed E-state index contributed by atoms with van der Waals surface area (Å²) in [7, 11) is 4.44. The van der Waals surface area contributed by atoms with Gasteiger partial charge in [-0.2, -0.15) is 0 Å². The van der Waals surface area contributed by atoms with Gasteiger partial charge in [0.15, 0.2) is 16.3 Å². The second kappa shape index (κ2) is 12.0. The number of ether oxygens (including phenoxy) is 4. The second-order valence-electron chi connectivity index (χ2n) is 9.26. The summed E-state index contributed by atoms with van der Waals surface area (Å²) in [6.07, 6.45) is 1.54. The van der Waals surface area contributed by atoms with E-state index in [-0.39, 0.29) is 33.7 Å². The van der Waals surface area contributed by atoms with Crippen molar-refractivity contribution < 1.29 is 33.1 Å². The van der Waals surface area contributed by atoms with Gasteiger partial charge in [-0.15, -0.1) is 0 Å². The Labute approximate surface area is 248 Å². The van der Waals surface area contributed by atoms with Gasteiger partial charge in [0.2, 0.25) is 0 Å². The van der Waals surface area contributed by atoms with E-state index in [1.54, 1.807) is 50.2 Å². The van der Waals surface area contributed by atoms with Gasteiger partial charge < -0.3 is 23.4 Å². The molecule has 0 bridgehead atoms. The van der Waals surface area contributed by atoms with E-state index in [4.69, 9.17) is 23.4 Å². The van der Waals surface area contributed by atoms with Crippen molar-refractivity contribution in [3.63, 3.8) is 0 Å². The number of methoxy groups -OCH3 is 3. The minimum Gasteiger partial charge on any atom is -0.497 e. The van der Waals surface area contributed by atoms with Gasteiger partial charge in [-0.3, -0.25) is 19.5 Å². The van der Waals surface area contributed by atoms with E-state index in [2.05, 4.69) is 4.99 Å². The summed E-state index contributed by atoms with van der Waals surface area (Å²) < 4.78 is 28.9. The topological polar surface area (TPSA) is 145 Å². The van der Waals surface area contributed by atoms with Crippen molar-refractivity contribution in [2.45, 2.75) is 19.9 Å². The normalized spacial score (nSPS) is 14.6. The number of aromatic nitrogens is 1. The molecule has 1 unspecified atom stereocenters. The minimum absolute atomic E-state index is 0.145. The van der Waals surface area contributed by atoms with Gasteiger partial charge in [0.25, 0.3) is 11.2 Å². The first-order valence-corrected chi connectivity index (χ1v) is 13.9. The molecule has 1 aliphatic rings. The molecule has 2 aromatic heterocycles. The number of nitro groups is 1. The third-order valence-electron chi connectivity index (χ3n) is 6.81. The number of benzene rings is 2. The lowest BCUT2D eigenvalue weighted by Gasteiger charge is -2.25. The molecule has 0 aliphatic carbocycles. The minimum atomic E-state index is -0.855. The number of thiazole rings is 1. The van der Waals surface area contributed by atoms with Gasteiger partial charge in [0, 0.05) is 6.08 Å². The number of allylic oxidation sites excluding steroid dienone is 1. The van der Waals surface area contributed by atoms with Crippen molar-refractivity contribution in [2.24, 2.45) is 4.99 Å². The van der Waals surface area contributed by atoms with E-state index < -0.39 is 22.5 Å². The summed E-state index contributed by atoms with van der Waals surface area (Å²) in [5, 5.41) is 11.7. The van der Waals surface area contributed by atoms with Crippen LogP contribution in [-0.4, -0.2) is 43.4 Å². The van der Waals surface area contributed by atoms with Gasteiger partial charge in [-0.1, -0.05) is 17.4 Å². The van der Waals surface area contributed by atoms with Gasteiger partial charge in [0.05, 0.1) is 66.3 Å². The molecule has 1 atom stereocenters. The number of fused-ring (bicyclic) bond motifs is 1. The molecule has 1 aliphatic heterocycles. The van der Waals surface area contributed by atoms with Crippen LogP contribution in [0.4, 0.5) is 5.69 Å². The summed E-state index contributed by atoms with van der Waals surface area (Å²) in [4.78, 5) is 43.2. The monoisotopic (exact) mass is 605 g/mol. The maximum atomic E-state index is 13.9. The quantitative estimate of drug-likeness (QED) is 0.157. The molecule has 0 saturated heterocycles. The first-order chi connectivity index (χ1) is 20.7. The lowest BCUT2D eigenvalue weighted by Crippen LogP contribution is -2.39. The Kier molecular flexibility index (Phi) is 8.17. The molecule has 0 spiro atoms. The van der Waals surface area contributed by atoms with E-state index in [1.807, 2.05) is 0 Å². The third kappa shape index (κ3) is 5.42. The highest BCUT2D eigenvalue weighted by Gasteiger charge is 2.34. The Morgan fingerprint density at radius 2 is 1.86 bits per heavy atom. The standard InChI is InChI=1S/C30H27N3O9S/c1-6-41-29(35)26-16(2)31-30-32(27(26)17-7-11-23(39-4)24(13-17)40-5)28(34)25(43-30)15-19-9-12-22(42-19)20-10-8-18(38-3)14-21(20)33(36)37/h7-15,27H,6H2,1-5H3/b25-15+. The number of rotatable bonds is 9. The van der Waals surface area contributed by atoms with Crippen LogP contribution >= 0.6 is 11.3 Å². The number of nitro benzene ring substituents is 1. The van der Waals surface area contributed by atoms with E-state index in [0.29, 0.717) is 39.1 Å². The average Bonchev–Trinajstić information content (AvgIpc) is 3.59. The summed E-state index contributed by atoms with van der Waals surface area (Å²) >= 11 is 1.12. The van der Waals surface area contributed by atoms with Crippen LogP contribution in [0.1, 0.15) is 31.2 Å². The molecule has 222 valence electrons. The predicted octanol–water partition coefficient (Wildman–Crippen LogP) is 3.99. The average molecular weight is 606 g/mol. The fourth-order valence-corrected chi connectivity index (χ4v) is 5.86. The molecule has 13 heteroatoms. The van der Waals surface area contributed by atoms with Crippen LogP contribution in [0, 0.1) is 10.1 Å². The van der Waals surface area contributed by atoms with Gasteiger partial charge in [-0.25, -0.2) is 9.79 Å². The van der Waals surface area contributed by atoms with Gasteiger partial charge in [0.1, 0.15) is 17.3 Å². The van der Waals surface area contributed by atoms with Crippen LogP contribution < -0.4 is 29.1 Å². The SMILES string of the molecule is CCOC(=O)C1=C(C)N=c2s/c(=C/c3ccc(-c4ccc(OC)cc4[N+](=O)[O-])o3)c(=O)n2C1c1ccc(OC)c(OC)c1. The number of carbonyl (C=O) groups excluding carboxylic acids is 1. The highest BCUT2D eigenvalue weighted by atomic mass is 32.1. The van der Waals surface area contributed by atoms with Crippen LogP contribution in [0.5, 0.6) is 17.2 Å².